The summed E-state index contributed by atoms with van der Waals surface area (Å²) < 4.78 is 0. The second-order valence-corrected chi connectivity index (χ2v) is 4.16. The zero-order chi connectivity index (χ0) is 10.6. The maximum absolute atomic E-state index is 11.2. The molecule has 4 heteroatoms. The average Bonchev–Trinajstić information content (AvgIpc) is 2.20. The number of aliphatic hydroxyl groups excluding tert-OH is 2. The molecular weight excluding hydrogens is 182 g/mol. The highest BCUT2D eigenvalue weighted by Crippen LogP contribution is 2.23. The van der Waals surface area contributed by atoms with Gasteiger partial charge in [-0.15, -0.1) is 0 Å². The number of carbonyl (C=O) groups excluding carboxylic acids is 1. The predicted octanol–water partition coefficient (Wildman–Crippen LogP) is 0.0345. The molecular formula is C10H19NO3. The summed E-state index contributed by atoms with van der Waals surface area (Å²) in [5, 5.41) is 20.4. The second kappa shape index (κ2) is 5.32. The summed E-state index contributed by atoms with van der Waals surface area (Å²) in [6.07, 6.45) is 2.94. The molecule has 1 aliphatic rings. The third kappa shape index (κ3) is 3.27. The lowest BCUT2D eigenvalue weighted by molar-refractivity contribution is -0.132. The Kier molecular flexibility index (Phi) is 4.35. The number of amides is 1. The molecule has 1 amide bonds. The van der Waals surface area contributed by atoms with E-state index in [1.165, 1.54) is 0 Å². The number of hydrogen-bond donors (Lipinski definition) is 3. The van der Waals surface area contributed by atoms with Gasteiger partial charge in [0.2, 0.25) is 0 Å². The Morgan fingerprint density at radius 2 is 2.00 bits per heavy atom. The first-order chi connectivity index (χ1) is 6.63. The van der Waals surface area contributed by atoms with Crippen molar-refractivity contribution in [1.29, 1.82) is 0 Å². The van der Waals surface area contributed by atoms with Crippen molar-refractivity contribution >= 4 is 5.91 Å². The molecule has 4 nitrogen and oxygen atoms in total. The molecule has 0 spiro atoms. The molecule has 0 aromatic rings. The van der Waals surface area contributed by atoms with E-state index in [0.29, 0.717) is 0 Å². The molecule has 1 unspecified atom stereocenters. The van der Waals surface area contributed by atoms with Gasteiger partial charge in [-0.2, -0.15) is 0 Å². The molecule has 1 aliphatic carbocycles. The average molecular weight is 201 g/mol. The fourth-order valence-electron chi connectivity index (χ4n) is 1.78. The molecule has 14 heavy (non-hydrogen) atoms. The third-order valence-electron chi connectivity index (χ3n) is 2.84. The minimum atomic E-state index is -1.27. The van der Waals surface area contributed by atoms with Gasteiger partial charge < -0.3 is 15.5 Å². The maximum atomic E-state index is 11.2. The minimum Gasteiger partial charge on any atom is -0.393 e. The fraction of sp³-hybridized carbons (Fsp3) is 0.900. The van der Waals surface area contributed by atoms with Crippen LogP contribution in [-0.2, 0) is 4.79 Å². The maximum Gasteiger partial charge on any atom is 0.251 e. The Bertz CT molecular complexity index is 188. The van der Waals surface area contributed by atoms with E-state index < -0.39 is 18.6 Å². The number of carbonyl (C=O) groups is 1. The van der Waals surface area contributed by atoms with Crippen LogP contribution in [0.15, 0.2) is 0 Å². The molecule has 0 heterocycles. The zero-order valence-electron chi connectivity index (χ0n) is 8.57. The number of aliphatic hydroxyl groups is 2. The molecule has 0 bridgehead atoms. The van der Waals surface area contributed by atoms with Gasteiger partial charge in [0.25, 0.3) is 5.91 Å². The second-order valence-electron chi connectivity index (χ2n) is 4.16. The Balaban J connectivity index is 2.27. The van der Waals surface area contributed by atoms with Crippen LogP contribution in [-0.4, -0.2) is 34.9 Å². The predicted molar refractivity (Wildman–Crippen MR) is 52.7 cm³/mol. The first-order valence-electron chi connectivity index (χ1n) is 5.22. The van der Waals surface area contributed by atoms with Gasteiger partial charge in [-0.25, -0.2) is 0 Å². The highest BCUT2D eigenvalue weighted by Gasteiger charge is 2.22. The summed E-state index contributed by atoms with van der Waals surface area (Å²) in [6.45, 7) is 1.70. The Morgan fingerprint density at radius 3 is 2.50 bits per heavy atom. The molecule has 1 rings (SSSR count). The van der Waals surface area contributed by atoms with Crippen LogP contribution in [0, 0.1) is 5.92 Å². The molecule has 0 radical (unpaired) electrons. The molecule has 82 valence electrons. The normalized spacial score (nSPS) is 29.6. The van der Waals surface area contributed by atoms with Crippen molar-refractivity contribution in [1.82, 2.24) is 5.32 Å². The van der Waals surface area contributed by atoms with Crippen molar-refractivity contribution in [2.24, 2.45) is 5.92 Å². The highest BCUT2D eigenvalue weighted by atomic mass is 16.3. The largest absolute Gasteiger partial charge is 0.393 e. The SMILES string of the molecule is C[C@H]1CC[C@H](NC(=O)C(O)CO)CC1. The van der Waals surface area contributed by atoms with Crippen molar-refractivity contribution in [2.75, 3.05) is 6.61 Å². The van der Waals surface area contributed by atoms with Crippen LogP contribution in [0.3, 0.4) is 0 Å². The van der Waals surface area contributed by atoms with Crippen LogP contribution in [0.5, 0.6) is 0 Å². The molecule has 0 aromatic heterocycles. The van der Waals surface area contributed by atoms with Crippen LogP contribution in [0.25, 0.3) is 0 Å². The summed E-state index contributed by atoms with van der Waals surface area (Å²) in [6, 6.07) is 0.180. The number of hydrogen-bond acceptors (Lipinski definition) is 3. The van der Waals surface area contributed by atoms with Gasteiger partial charge in [0, 0.05) is 6.04 Å². The Labute approximate surface area is 84.3 Å². The van der Waals surface area contributed by atoms with Gasteiger partial charge >= 0.3 is 0 Å². The topological polar surface area (TPSA) is 69.6 Å². The number of rotatable bonds is 3. The standard InChI is InChI=1S/C10H19NO3/c1-7-2-4-8(5-3-7)11-10(14)9(13)6-12/h7-9,12-13H,2-6H2,1H3,(H,11,14)/t7-,8-,9?. The molecule has 1 atom stereocenters. The van der Waals surface area contributed by atoms with Crippen molar-refractivity contribution in [3.63, 3.8) is 0 Å². The van der Waals surface area contributed by atoms with Crippen LogP contribution >= 0.6 is 0 Å². The van der Waals surface area contributed by atoms with Gasteiger partial charge in [-0.3, -0.25) is 4.79 Å². The molecule has 1 saturated carbocycles. The van der Waals surface area contributed by atoms with Crippen LogP contribution in [0.4, 0.5) is 0 Å². The van der Waals surface area contributed by atoms with Crippen LogP contribution < -0.4 is 5.32 Å². The van der Waals surface area contributed by atoms with E-state index >= 15 is 0 Å². The van der Waals surface area contributed by atoms with E-state index in [0.717, 1.165) is 31.6 Å². The van der Waals surface area contributed by atoms with Crippen LogP contribution in [0.2, 0.25) is 0 Å². The summed E-state index contributed by atoms with van der Waals surface area (Å²) in [5.41, 5.74) is 0. The fourth-order valence-corrected chi connectivity index (χ4v) is 1.78. The zero-order valence-corrected chi connectivity index (χ0v) is 8.57. The van der Waals surface area contributed by atoms with Gasteiger partial charge in [-0.1, -0.05) is 6.92 Å². The first-order valence-corrected chi connectivity index (χ1v) is 5.22. The lowest BCUT2D eigenvalue weighted by Gasteiger charge is -2.27. The lowest BCUT2D eigenvalue weighted by atomic mass is 9.87. The quantitative estimate of drug-likeness (QED) is 0.603. The van der Waals surface area contributed by atoms with E-state index in [-0.39, 0.29) is 6.04 Å². The van der Waals surface area contributed by atoms with Crippen molar-refractivity contribution < 1.29 is 15.0 Å². The third-order valence-corrected chi connectivity index (χ3v) is 2.84. The summed E-state index contributed by atoms with van der Waals surface area (Å²) in [5.74, 6) is 0.290. The molecule has 0 aliphatic heterocycles. The smallest absolute Gasteiger partial charge is 0.251 e. The van der Waals surface area contributed by atoms with Gasteiger partial charge in [0.15, 0.2) is 6.10 Å². The van der Waals surface area contributed by atoms with E-state index in [1.807, 2.05) is 0 Å². The van der Waals surface area contributed by atoms with E-state index in [9.17, 15) is 4.79 Å². The molecule has 3 N–H and O–H groups in total. The summed E-state index contributed by atoms with van der Waals surface area (Å²) in [4.78, 5) is 11.2. The van der Waals surface area contributed by atoms with E-state index in [2.05, 4.69) is 12.2 Å². The first kappa shape index (κ1) is 11.5. The number of nitrogens with one attached hydrogen (secondary N) is 1. The van der Waals surface area contributed by atoms with Gasteiger partial charge in [0.1, 0.15) is 0 Å². The van der Waals surface area contributed by atoms with Crippen molar-refractivity contribution in [2.45, 2.75) is 44.8 Å². The summed E-state index contributed by atoms with van der Waals surface area (Å²) >= 11 is 0. The summed E-state index contributed by atoms with van der Waals surface area (Å²) in [7, 11) is 0. The molecule has 1 fully saturated rings. The van der Waals surface area contributed by atoms with Gasteiger partial charge in [0.05, 0.1) is 6.61 Å². The Hall–Kier alpha value is -0.610. The highest BCUT2D eigenvalue weighted by molar-refractivity contribution is 5.80. The van der Waals surface area contributed by atoms with Crippen molar-refractivity contribution in [3.8, 4) is 0 Å². The van der Waals surface area contributed by atoms with Crippen LogP contribution in [0.1, 0.15) is 32.6 Å². The monoisotopic (exact) mass is 201 g/mol. The molecule has 0 aromatic carbocycles. The van der Waals surface area contributed by atoms with E-state index in [4.69, 9.17) is 10.2 Å². The van der Waals surface area contributed by atoms with Crippen molar-refractivity contribution in [3.05, 3.63) is 0 Å². The minimum absolute atomic E-state index is 0.180. The lowest BCUT2D eigenvalue weighted by Crippen LogP contribution is -2.44. The Morgan fingerprint density at radius 1 is 1.43 bits per heavy atom. The van der Waals surface area contributed by atoms with Gasteiger partial charge in [-0.05, 0) is 31.6 Å². The van der Waals surface area contributed by atoms with E-state index in [1.54, 1.807) is 0 Å². The molecule has 0 saturated heterocycles.